The highest BCUT2D eigenvalue weighted by atomic mass is 79.9. The molecule has 0 spiro atoms. The summed E-state index contributed by atoms with van der Waals surface area (Å²) < 4.78 is 1.02. The van der Waals surface area contributed by atoms with Gasteiger partial charge in [0.1, 0.15) is 0 Å². The van der Waals surface area contributed by atoms with Gasteiger partial charge < -0.3 is 9.80 Å². The molecule has 0 bridgehead atoms. The number of hydrogen-bond donors (Lipinski definition) is 0. The van der Waals surface area contributed by atoms with Crippen molar-refractivity contribution < 1.29 is 4.79 Å². The van der Waals surface area contributed by atoms with Gasteiger partial charge in [0.25, 0.3) is 0 Å². The first-order chi connectivity index (χ1) is 10.0. The SMILES string of the molecule is CCN(CC)CCCN(CC)c1cc(Br)ccc1C(C)=O. The molecule has 0 heterocycles. The van der Waals surface area contributed by atoms with Gasteiger partial charge in [0.15, 0.2) is 5.78 Å². The maximum Gasteiger partial charge on any atom is 0.161 e. The van der Waals surface area contributed by atoms with E-state index in [4.69, 9.17) is 0 Å². The van der Waals surface area contributed by atoms with Gasteiger partial charge in [-0.15, -0.1) is 0 Å². The molecule has 0 aliphatic carbocycles. The molecule has 0 saturated heterocycles. The number of hydrogen-bond acceptors (Lipinski definition) is 3. The minimum Gasteiger partial charge on any atom is -0.371 e. The smallest absolute Gasteiger partial charge is 0.161 e. The van der Waals surface area contributed by atoms with Crippen molar-refractivity contribution in [3.05, 3.63) is 28.2 Å². The topological polar surface area (TPSA) is 23.6 Å². The molecule has 1 aromatic rings. The van der Waals surface area contributed by atoms with Gasteiger partial charge in [-0.1, -0.05) is 29.8 Å². The van der Waals surface area contributed by atoms with Gasteiger partial charge in [-0.3, -0.25) is 4.79 Å². The van der Waals surface area contributed by atoms with E-state index in [1.807, 2.05) is 12.1 Å². The fourth-order valence-corrected chi connectivity index (χ4v) is 2.89. The maximum absolute atomic E-state index is 11.8. The van der Waals surface area contributed by atoms with Crippen LogP contribution in [0.25, 0.3) is 0 Å². The van der Waals surface area contributed by atoms with Crippen molar-refractivity contribution in [2.24, 2.45) is 0 Å². The fourth-order valence-electron chi connectivity index (χ4n) is 2.54. The summed E-state index contributed by atoms with van der Waals surface area (Å²) in [7, 11) is 0. The highest BCUT2D eigenvalue weighted by Gasteiger charge is 2.13. The molecule has 0 radical (unpaired) electrons. The number of benzene rings is 1. The molecular weight excluding hydrogens is 328 g/mol. The monoisotopic (exact) mass is 354 g/mol. The van der Waals surface area contributed by atoms with E-state index in [1.54, 1.807) is 6.92 Å². The van der Waals surface area contributed by atoms with Crippen LogP contribution in [0, 0.1) is 0 Å². The Kier molecular flexibility index (Phi) is 7.97. The van der Waals surface area contributed by atoms with Crippen LogP contribution in [0.15, 0.2) is 22.7 Å². The Balaban J connectivity index is 2.80. The van der Waals surface area contributed by atoms with Crippen molar-refractivity contribution >= 4 is 27.4 Å². The molecule has 0 amide bonds. The first kappa shape index (κ1) is 18.2. The summed E-state index contributed by atoms with van der Waals surface area (Å²) in [4.78, 5) is 16.6. The van der Waals surface area contributed by atoms with Gasteiger partial charge in [0.2, 0.25) is 0 Å². The maximum atomic E-state index is 11.8. The lowest BCUT2D eigenvalue weighted by molar-refractivity contribution is 0.101. The first-order valence-corrected chi connectivity index (χ1v) is 8.60. The standard InChI is InChI=1S/C17H27BrN2O/c1-5-19(6-2)11-8-12-20(7-3)17-13-15(18)9-10-16(17)14(4)21/h9-10,13H,5-8,11-12H2,1-4H3. The Morgan fingerprint density at radius 1 is 1.10 bits per heavy atom. The molecule has 0 unspecified atom stereocenters. The van der Waals surface area contributed by atoms with Crippen LogP contribution in [0.2, 0.25) is 0 Å². The Bertz CT molecular complexity index is 458. The van der Waals surface area contributed by atoms with E-state index in [2.05, 4.69) is 52.6 Å². The van der Waals surface area contributed by atoms with E-state index in [9.17, 15) is 4.79 Å². The van der Waals surface area contributed by atoms with Crippen molar-refractivity contribution in [2.75, 3.05) is 37.6 Å². The number of nitrogens with zero attached hydrogens (tertiary/aromatic N) is 2. The zero-order valence-electron chi connectivity index (χ0n) is 13.7. The third-order valence-corrected chi connectivity index (χ3v) is 4.35. The molecule has 21 heavy (non-hydrogen) atoms. The van der Waals surface area contributed by atoms with Crippen LogP contribution in [0.5, 0.6) is 0 Å². The molecule has 0 aliphatic heterocycles. The van der Waals surface area contributed by atoms with E-state index in [0.717, 1.165) is 54.9 Å². The minimum atomic E-state index is 0.125. The summed E-state index contributed by atoms with van der Waals surface area (Å²) in [5.74, 6) is 0.125. The molecule has 0 fully saturated rings. The van der Waals surface area contributed by atoms with Gasteiger partial charge in [0, 0.05) is 28.8 Å². The lowest BCUT2D eigenvalue weighted by Crippen LogP contribution is -2.30. The van der Waals surface area contributed by atoms with Crippen molar-refractivity contribution in [2.45, 2.75) is 34.1 Å². The van der Waals surface area contributed by atoms with E-state index in [0.29, 0.717) is 0 Å². The van der Waals surface area contributed by atoms with Crippen molar-refractivity contribution in [1.82, 2.24) is 4.90 Å². The number of rotatable bonds is 9. The average Bonchev–Trinajstić information content (AvgIpc) is 2.47. The molecule has 1 aromatic carbocycles. The van der Waals surface area contributed by atoms with Crippen molar-refractivity contribution in [3.8, 4) is 0 Å². The highest BCUT2D eigenvalue weighted by molar-refractivity contribution is 9.10. The quantitative estimate of drug-likeness (QED) is 0.620. The van der Waals surface area contributed by atoms with Gasteiger partial charge >= 0.3 is 0 Å². The molecule has 0 aliphatic rings. The largest absolute Gasteiger partial charge is 0.371 e. The van der Waals surface area contributed by atoms with Crippen LogP contribution in [-0.2, 0) is 0 Å². The number of ketones is 1. The van der Waals surface area contributed by atoms with Crippen LogP contribution in [0.4, 0.5) is 5.69 Å². The van der Waals surface area contributed by atoms with Crippen LogP contribution in [-0.4, -0.2) is 43.4 Å². The summed E-state index contributed by atoms with van der Waals surface area (Å²) in [6.07, 6.45) is 1.11. The number of Topliss-reactive ketones (excluding diaryl/α,β-unsaturated/α-hetero) is 1. The molecule has 4 heteroatoms. The molecule has 3 nitrogen and oxygen atoms in total. The van der Waals surface area contributed by atoms with E-state index in [-0.39, 0.29) is 5.78 Å². The fraction of sp³-hybridized carbons (Fsp3) is 0.588. The number of carbonyl (C=O) groups excluding carboxylic acids is 1. The molecular formula is C17H27BrN2O. The molecule has 0 atom stereocenters. The highest BCUT2D eigenvalue weighted by Crippen LogP contribution is 2.26. The van der Waals surface area contributed by atoms with E-state index in [1.165, 1.54) is 0 Å². The van der Waals surface area contributed by atoms with Crippen LogP contribution < -0.4 is 4.90 Å². The predicted molar refractivity (Wildman–Crippen MR) is 94.4 cm³/mol. The third-order valence-electron chi connectivity index (χ3n) is 3.86. The summed E-state index contributed by atoms with van der Waals surface area (Å²) in [5, 5.41) is 0. The summed E-state index contributed by atoms with van der Waals surface area (Å²) in [6.45, 7) is 13.4. The number of halogens is 1. The molecule has 0 aromatic heterocycles. The summed E-state index contributed by atoms with van der Waals surface area (Å²) >= 11 is 3.51. The zero-order valence-corrected chi connectivity index (χ0v) is 15.2. The normalized spacial score (nSPS) is 11.0. The number of anilines is 1. The van der Waals surface area contributed by atoms with Crippen molar-refractivity contribution in [1.29, 1.82) is 0 Å². The zero-order chi connectivity index (χ0) is 15.8. The van der Waals surface area contributed by atoms with Gasteiger partial charge in [-0.25, -0.2) is 0 Å². The second kappa shape index (κ2) is 9.21. The second-order valence-corrected chi connectivity index (χ2v) is 6.09. The Hall–Kier alpha value is -0.870. The lowest BCUT2D eigenvalue weighted by atomic mass is 10.1. The van der Waals surface area contributed by atoms with Gasteiger partial charge in [0.05, 0.1) is 0 Å². The molecule has 1 rings (SSSR count). The van der Waals surface area contributed by atoms with Crippen molar-refractivity contribution in [3.63, 3.8) is 0 Å². The Labute approximate surface area is 137 Å². The van der Waals surface area contributed by atoms with Gasteiger partial charge in [-0.05, 0) is 58.1 Å². The first-order valence-electron chi connectivity index (χ1n) is 7.81. The predicted octanol–water partition coefficient (Wildman–Crippen LogP) is 4.21. The second-order valence-electron chi connectivity index (χ2n) is 5.18. The van der Waals surface area contributed by atoms with E-state index < -0.39 is 0 Å². The Morgan fingerprint density at radius 3 is 2.29 bits per heavy atom. The Morgan fingerprint density at radius 2 is 1.76 bits per heavy atom. The van der Waals surface area contributed by atoms with Crippen LogP contribution in [0.1, 0.15) is 44.5 Å². The molecule has 0 saturated carbocycles. The summed E-state index contributed by atoms with van der Waals surface area (Å²) in [5.41, 5.74) is 1.85. The third kappa shape index (κ3) is 5.44. The number of carbonyl (C=O) groups is 1. The van der Waals surface area contributed by atoms with Crippen LogP contribution in [0.3, 0.4) is 0 Å². The average molecular weight is 355 g/mol. The minimum absolute atomic E-state index is 0.125. The van der Waals surface area contributed by atoms with Gasteiger partial charge in [-0.2, -0.15) is 0 Å². The van der Waals surface area contributed by atoms with Crippen LogP contribution >= 0.6 is 15.9 Å². The van der Waals surface area contributed by atoms with E-state index >= 15 is 0 Å². The lowest BCUT2D eigenvalue weighted by Gasteiger charge is -2.27. The summed E-state index contributed by atoms with van der Waals surface area (Å²) in [6, 6.07) is 5.90. The molecule has 118 valence electrons. The molecule has 0 N–H and O–H groups in total.